The van der Waals surface area contributed by atoms with Crippen LogP contribution in [0.5, 0.6) is 0 Å². The Hall–Kier alpha value is -2.60. The zero-order valence-electron chi connectivity index (χ0n) is 15.9. The van der Waals surface area contributed by atoms with Gasteiger partial charge in [0.1, 0.15) is 5.25 Å². The first kappa shape index (κ1) is 19.2. The number of amides is 2. The third kappa shape index (κ3) is 4.39. The Morgan fingerprint density at radius 3 is 2.56 bits per heavy atom. The van der Waals surface area contributed by atoms with Crippen molar-refractivity contribution in [2.45, 2.75) is 32.4 Å². The summed E-state index contributed by atoms with van der Waals surface area (Å²) in [5, 5.41) is 3.06. The Labute approximate surface area is 163 Å². The molecular formula is C21H23N3O2S. The summed E-state index contributed by atoms with van der Waals surface area (Å²) in [5.74, 6) is -0.265. The largest absolute Gasteiger partial charge is 0.326 e. The summed E-state index contributed by atoms with van der Waals surface area (Å²) in [6.45, 7) is 6.02. The van der Waals surface area contributed by atoms with Crippen LogP contribution in [0.25, 0.3) is 0 Å². The van der Waals surface area contributed by atoms with E-state index in [2.05, 4.69) is 17.2 Å². The van der Waals surface area contributed by atoms with Crippen molar-refractivity contribution in [3.8, 4) is 0 Å². The molecule has 6 heteroatoms. The number of rotatable bonds is 4. The Morgan fingerprint density at radius 2 is 1.85 bits per heavy atom. The third-order valence-corrected chi connectivity index (χ3v) is 5.87. The zero-order valence-corrected chi connectivity index (χ0v) is 16.8. The summed E-state index contributed by atoms with van der Waals surface area (Å²) in [4.78, 5) is 31.0. The number of nitrogens with zero attached hydrogens (tertiary/aromatic N) is 2. The van der Waals surface area contributed by atoms with Gasteiger partial charge in [-0.05, 0) is 55.7 Å². The average molecular weight is 382 g/mol. The molecule has 27 heavy (non-hydrogen) atoms. The van der Waals surface area contributed by atoms with Gasteiger partial charge in [-0.3, -0.25) is 14.5 Å². The molecular weight excluding hydrogens is 358 g/mol. The Bertz CT molecular complexity index is 923. The maximum Gasteiger partial charge on any atom is 0.242 e. The van der Waals surface area contributed by atoms with E-state index in [-0.39, 0.29) is 18.2 Å². The fraction of sp³-hybridized carbons (Fsp3) is 0.286. The predicted octanol–water partition coefficient (Wildman–Crippen LogP) is 4.20. The number of hydrogen-bond donors (Lipinski definition) is 1. The van der Waals surface area contributed by atoms with Crippen LogP contribution in [-0.4, -0.2) is 34.2 Å². The molecule has 1 atom stereocenters. The van der Waals surface area contributed by atoms with E-state index in [4.69, 9.17) is 0 Å². The van der Waals surface area contributed by atoms with E-state index in [0.29, 0.717) is 5.17 Å². The van der Waals surface area contributed by atoms with Gasteiger partial charge in [0.05, 0.1) is 5.69 Å². The number of nitrogens with one attached hydrogen (secondary N) is 1. The van der Waals surface area contributed by atoms with Crippen molar-refractivity contribution in [2.24, 2.45) is 4.99 Å². The van der Waals surface area contributed by atoms with Gasteiger partial charge in [0.25, 0.3) is 0 Å². The molecule has 2 aromatic carbocycles. The Morgan fingerprint density at radius 1 is 1.11 bits per heavy atom. The van der Waals surface area contributed by atoms with Crippen LogP contribution in [0.4, 0.5) is 11.4 Å². The number of para-hydroxylation sites is 1. The molecule has 1 N–H and O–H groups in total. The SMILES string of the molecule is Cc1ccc(N=C2S[C@H](CC(=O)Nc3ccccc3C)C(=O)N2C)cc1C. The first-order valence-electron chi connectivity index (χ1n) is 8.81. The topological polar surface area (TPSA) is 61.8 Å². The minimum atomic E-state index is -0.454. The predicted molar refractivity (Wildman–Crippen MR) is 112 cm³/mol. The smallest absolute Gasteiger partial charge is 0.242 e. The van der Waals surface area contributed by atoms with Gasteiger partial charge in [-0.25, -0.2) is 4.99 Å². The number of aliphatic imine (C=N–C) groups is 1. The highest BCUT2D eigenvalue weighted by Crippen LogP contribution is 2.31. The molecule has 0 bridgehead atoms. The van der Waals surface area contributed by atoms with Crippen LogP contribution in [0.2, 0.25) is 0 Å². The number of amidine groups is 1. The maximum atomic E-state index is 12.5. The molecule has 2 aromatic rings. The normalized spacial score (nSPS) is 18.2. The van der Waals surface area contributed by atoms with Crippen molar-refractivity contribution in [1.29, 1.82) is 0 Å². The first-order valence-corrected chi connectivity index (χ1v) is 9.69. The minimum absolute atomic E-state index is 0.0949. The zero-order chi connectivity index (χ0) is 19.6. The number of benzene rings is 2. The highest BCUT2D eigenvalue weighted by Gasteiger charge is 2.37. The van der Waals surface area contributed by atoms with Gasteiger partial charge < -0.3 is 5.32 Å². The molecule has 0 saturated carbocycles. The second kappa shape index (κ2) is 7.96. The summed E-state index contributed by atoms with van der Waals surface area (Å²) in [6, 6.07) is 13.5. The molecule has 1 heterocycles. The maximum absolute atomic E-state index is 12.5. The van der Waals surface area contributed by atoms with Crippen LogP contribution in [0, 0.1) is 20.8 Å². The molecule has 0 aromatic heterocycles. The van der Waals surface area contributed by atoms with Crippen molar-refractivity contribution in [3.05, 3.63) is 59.2 Å². The second-order valence-electron chi connectivity index (χ2n) is 6.73. The molecule has 5 nitrogen and oxygen atoms in total. The molecule has 1 aliphatic heterocycles. The Balaban J connectivity index is 1.70. The van der Waals surface area contributed by atoms with Crippen LogP contribution in [0.3, 0.4) is 0 Å². The summed E-state index contributed by atoms with van der Waals surface area (Å²) in [7, 11) is 1.70. The van der Waals surface area contributed by atoms with Gasteiger partial charge in [-0.2, -0.15) is 0 Å². The van der Waals surface area contributed by atoms with Crippen LogP contribution in [0.15, 0.2) is 47.5 Å². The van der Waals surface area contributed by atoms with E-state index in [1.807, 2.05) is 56.3 Å². The van der Waals surface area contributed by atoms with Gasteiger partial charge in [0.2, 0.25) is 11.8 Å². The third-order valence-electron chi connectivity index (χ3n) is 4.65. The monoisotopic (exact) mass is 381 g/mol. The van der Waals surface area contributed by atoms with Gasteiger partial charge >= 0.3 is 0 Å². The van der Waals surface area contributed by atoms with Crippen molar-refractivity contribution >= 4 is 40.1 Å². The molecule has 1 fully saturated rings. The van der Waals surface area contributed by atoms with Gasteiger partial charge in [-0.1, -0.05) is 36.0 Å². The number of aryl methyl sites for hydroxylation is 3. The van der Waals surface area contributed by atoms with E-state index in [1.54, 1.807) is 7.05 Å². The lowest BCUT2D eigenvalue weighted by Crippen LogP contribution is -2.30. The molecule has 0 spiro atoms. The van der Waals surface area contributed by atoms with Crippen molar-refractivity contribution in [2.75, 3.05) is 12.4 Å². The molecule has 0 aliphatic carbocycles. The van der Waals surface area contributed by atoms with E-state index >= 15 is 0 Å². The van der Waals surface area contributed by atoms with E-state index in [1.165, 1.54) is 22.2 Å². The quantitative estimate of drug-likeness (QED) is 0.863. The fourth-order valence-electron chi connectivity index (χ4n) is 2.79. The van der Waals surface area contributed by atoms with E-state index < -0.39 is 5.25 Å². The number of carbonyl (C=O) groups excluding carboxylic acids is 2. The number of hydrogen-bond acceptors (Lipinski definition) is 4. The van der Waals surface area contributed by atoms with Crippen molar-refractivity contribution < 1.29 is 9.59 Å². The summed E-state index contributed by atoms with van der Waals surface area (Å²) in [5.41, 5.74) is 4.93. The van der Waals surface area contributed by atoms with E-state index in [0.717, 1.165) is 22.5 Å². The number of carbonyl (C=O) groups is 2. The fourth-order valence-corrected chi connectivity index (χ4v) is 3.94. The van der Waals surface area contributed by atoms with Gasteiger partial charge in [0.15, 0.2) is 5.17 Å². The second-order valence-corrected chi connectivity index (χ2v) is 7.90. The van der Waals surface area contributed by atoms with E-state index in [9.17, 15) is 9.59 Å². The summed E-state index contributed by atoms with van der Waals surface area (Å²) >= 11 is 1.34. The average Bonchev–Trinajstić information content (AvgIpc) is 2.88. The van der Waals surface area contributed by atoms with Gasteiger partial charge in [0, 0.05) is 19.2 Å². The molecule has 0 radical (unpaired) electrons. The lowest BCUT2D eigenvalue weighted by molar-refractivity contribution is -0.127. The van der Waals surface area contributed by atoms with Crippen LogP contribution >= 0.6 is 11.8 Å². The van der Waals surface area contributed by atoms with Crippen LogP contribution in [-0.2, 0) is 9.59 Å². The summed E-state index contributed by atoms with van der Waals surface area (Å²) < 4.78 is 0. The molecule has 1 aliphatic rings. The van der Waals surface area contributed by atoms with Crippen LogP contribution < -0.4 is 5.32 Å². The number of anilines is 1. The molecule has 140 valence electrons. The standard InChI is InChI=1S/C21H23N3O2S/c1-13-9-10-16(11-15(13)3)22-21-24(4)20(26)18(27-21)12-19(25)23-17-8-6-5-7-14(17)2/h5-11,18H,12H2,1-4H3,(H,23,25)/t18-/m1/s1. The Kier molecular flexibility index (Phi) is 5.65. The molecule has 3 rings (SSSR count). The van der Waals surface area contributed by atoms with Crippen molar-refractivity contribution in [1.82, 2.24) is 4.90 Å². The lowest BCUT2D eigenvalue weighted by Gasteiger charge is -2.10. The first-order chi connectivity index (χ1) is 12.8. The highest BCUT2D eigenvalue weighted by molar-refractivity contribution is 8.15. The molecule has 1 saturated heterocycles. The molecule has 0 unspecified atom stereocenters. The molecule has 2 amide bonds. The highest BCUT2D eigenvalue weighted by atomic mass is 32.2. The van der Waals surface area contributed by atoms with Crippen molar-refractivity contribution in [3.63, 3.8) is 0 Å². The van der Waals surface area contributed by atoms with Crippen LogP contribution in [0.1, 0.15) is 23.1 Å². The lowest BCUT2D eigenvalue weighted by atomic mass is 10.1. The number of thioether (sulfide) groups is 1. The summed E-state index contributed by atoms with van der Waals surface area (Å²) in [6.07, 6.45) is 0.119. The van der Waals surface area contributed by atoms with Gasteiger partial charge in [-0.15, -0.1) is 0 Å². The minimum Gasteiger partial charge on any atom is -0.326 e.